The Balaban J connectivity index is 2.12. The van der Waals surface area contributed by atoms with E-state index in [2.05, 4.69) is 4.85 Å². The molecule has 1 amide bonds. The zero-order valence-electron chi connectivity index (χ0n) is 13.7. The van der Waals surface area contributed by atoms with Crippen LogP contribution in [-0.2, 0) is 4.79 Å². The minimum Gasteiger partial charge on any atom is -0.502 e. The summed E-state index contributed by atoms with van der Waals surface area (Å²) in [5, 5.41) is 11.0. The second-order valence-electron chi connectivity index (χ2n) is 5.79. The third-order valence-electron chi connectivity index (χ3n) is 4.13. The summed E-state index contributed by atoms with van der Waals surface area (Å²) in [5.74, 6) is 0.322. The first-order chi connectivity index (χ1) is 11.6. The lowest BCUT2D eigenvalue weighted by Gasteiger charge is -2.35. The molecule has 0 unspecified atom stereocenters. The predicted octanol–water partition coefficient (Wildman–Crippen LogP) is 3.71. The van der Waals surface area contributed by atoms with Crippen molar-refractivity contribution < 1.29 is 14.5 Å². The zero-order valence-corrected chi connectivity index (χ0v) is 13.7. The summed E-state index contributed by atoms with van der Waals surface area (Å²) in [4.78, 5) is 27.7. The molecule has 0 radical (unpaired) electrons. The Morgan fingerprint density at radius 3 is 2.96 bits per heavy atom. The quantitative estimate of drug-likeness (QED) is 0.452. The van der Waals surface area contributed by atoms with Crippen LogP contribution in [0.25, 0.3) is 4.85 Å². The van der Waals surface area contributed by atoms with Crippen molar-refractivity contribution in [1.82, 2.24) is 4.90 Å². The number of carbonyl (C=O) groups excluding carboxylic acids is 1. The molecule has 1 saturated heterocycles. The van der Waals surface area contributed by atoms with Gasteiger partial charge in [-0.05, 0) is 31.7 Å². The minimum atomic E-state index is -0.585. The van der Waals surface area contributed by atoms with Crippen LogP contribution in [0.5, 0.6) is 5.75 Å². The predicted molar refractivity (Wildman–Crippen MR) is 89.1 cm³/mol. The molecule has 0 N–H and O–H groups in total. The van der Waals surface area contributed by atoms with Gasteiger partial charge in [0, 0.05) is 19.0 Å². The van der Waals surface area contributed by atoms with Gasteiger partial charge in [-0.25, -0.2) is 4.85 Å². The van der Waals surface area contributed by atoms with E-state index in [-0.39, 0.29) is 35.7 Å². The number of nitrogens with zero attached hydrogens (tertiary/aromatic N) is 3. The third kappa shape index (κ3) is 4.02. The molecule has 1 aromatic rings. The van der Waals surface area contributed by atoms with Gasteiger partial charge < -0.3 is 9.64 Å². The van der Waals surface area contributed by atoms with Crippen LogP contribution in [0.2, 0.25) is 0 Å². The maximum absolute atomic E-state index is 12.2. The van der Waals surface area contributed by atoms with Crippen LogP contribution in [0.4, 0.5) is 11.4 Å². The first-order valence-electron chi connectivity index (χ1n) is 8.15. The van der Waals surface area contributed by atoms with Gasteiger partial charge in [0.1, 0.15) is 12.4 Å². The number of para-hydroxylation sites is 1. The van der Waals surface area contributed by atoms with E-state index in [9.17, 15) is 14.9 Å². The number of hydrogen-bond donors (Lipinski definition) is 0. The Morgan fingerprint density at radius 1 is 1.50 bits per heavy atom. The van der Waals surface area contributed by atoms with Gasteiger partial charge in [0.15, 0.2) is 0 Å². The van der Waals surface area contributed by atoms with Gasteiger partial charge in [0.05, 0.1) is 17.5 Å². The van der Waals surface area contributed by atoms with Crippen LogP contribution in [0, 0.1) is 16.7 Å². The van der Waals surface area contributed by atoms with Crippen LogP contribution in [0.15, 0.2) is 18.2 Å². The lowest BCUT2D eigenvalue weighted by Crippen LogP contribution is -2.46. The second-order valence-corrected chi connectivity index (χ2v) is 5.79. The molecule has 7 nitrogen and oxygen atoms in total. The number of nitro groups is 1. The molecule has 2 rings (SSSR count). The monoisotopic (exact) mass is 331 g/mol. The highest BCUT2D eigenvalue weighted by molar-refractivity contribution is 5.76. The number of amides is 1. The van der Waals surface area contributed by atoms with E-state index in [0.717, 1.165) is 32.2 Å². The van der Waals surface area contributed by atoms with E-state index >= 15 is 0 Å². The van der Waals surface area contributed by atoms with Gasteiger partial charge in [-0.2, -0.15) is 0 Å². The van der Waals surface area contributed by atoms with E-state index in [1.54, 1.807) is 6.07 Å². The highest BCUT2D eigenvalue weighted by Gasteiger charge is 2.27. The molecule has 1 heterocycles. The van der Waals surface area contributed by atoms with Crippen LogP contribution >= 0.6 is 0 Å². The van der Waals surface area contributed by atoms with Crippen molar-refractivity contribution >= 4 is 17.3 Å². The van der Waals surface area contributed by atoms with E-state index in [1.807, 2.05) is 11.8 Å². The van der Waals surface area contributed by atoms with Gasteiger partial charge in [0.25, 0.3) is 5.69 Å². The van der Waals surface area contributed by atoms with Crippen molar-refractivity contribution in [3.05, 3.63) is 39.7 Å². The smallest absolute Gasteiger partial charge is 0.303 e. The summed E-state index contributed by atoms with van der Waals surface area (Å²) < 4.78 is 5.70. The van der Waals surface area contributed by atoms with E-state index < -0.39 is 4.92 Å². The largest absolute Gasteiger partial charge is 0.502 e. The molecule has 1 aromatic carbocycles. The third-order valence-corrected chi connectivity index (χ3v) is 4.13. The van der Waals surface area contributed by atoms with Crippen LogP contribution in [-0.4, -0.2) is 34.9 Å². The molecule has 0 bridgehead atoms. The van der Waals surface area contributed by atoms with Gasteiger partial charge in [-0.3, -0.25) is 14.9 Å². The number of ether oxygens (including phenoxy) is 1. The number of rotatable bonds is 6. The maximum atomic E-state index is 12.2. The molecule has 1 aliphatic heterocycles. The van der Waals surface area contributed by atoms with Crippen molar-refractivity contribution in [3.8, 4) is 5.75 Å². The lowest BCUT2D eigenvalue weighted by atomic mass is 10.0. The summed E-state index contributed by atoms with van der Waals surface area (Å²) in [6.07, 6.45) is 4.17. The normalized spacial score (nSPS) is 17.2. The molecule has 128 valence electrons. The second kappa shape index (κ2) is 8.29. The van der Waals surface area contributed by atoms with Gasteiger partial charge >= 0.3 is 5.69 Å². The molecule has 7 heteroatoms. The number of piperidine rings is 1. The number of nitro benzene ring substituents is 1. The number of carbonyl (C=O) groups is 1. The topological polar surface area (TPSA) is 77.0 Å². The molecule has 0 spiro atoms. The Bertz CT molecular complexity index is 654. The molecular formula is C17H21N3O4. The van der Waals surface area contributed by atoms with E-state index in [1.165, 1.54) is 12.1 Å². The van der Waals surface area contributed by atoms with Crippen molar-refractivity contribution in [2.45, 2.75) is 45.1 Å². The summed E-state index contributed by atoms with van der Waals surface area (Å²) >= 11 is 0. The fourth-order valence-electron chi connectivity index (χ4n) is 2.93. The number of likely N-dealkylation sites (tertiary alicyclic amines) is 1. The Morgan fingerprint density at radius 2 is 2.29 bits per heavy atom. The van der Waals surface area contributed by atoms with E-state index in [0.29, 0.717) is 6.42 Å². The number of benzene rings is 1. The fraction of sp³-hybridized carbons (Fsp3) is 0.529. The average Bonchev–Trinajstić information content (AvgIpc) is 2.59. The number of hydrogen-bond acceptors (Lipinski definition) is 4. The Hall–Kier alpha value is -2.62. The van der Waals surface area contributed by atoms with Crippen LogP contribution in [0.3, 0.4) is 0 Å². The van der Waals surface area contributed by atoms with Crippen molar-refractivity contribution in [2.75, 3.05) is 13.2 Å². The average molecular weight is 331 g/mol. The van der Waals surface area contributed by atoms with Gasteiger partial charge in [0.2, 0.25) is 5.91 Å². The molecule has 0 aromatic heterocycles. The Kier molecular flexibility index (Phi) is 6.13. The van der Waals surface area contributed by atoms with Crippen LogP contribution in [0.1, 0.15) is 39.0 Å². The highest BCUT2D eigenvalue weighted by Crippen LogP contribution is 2.37. The molecule has 1 fully saturated rings. The van der Waals surface area contributed by atoms with Gasteiger partial charge in [-0.15, -0.1) is 0 Å². The van der Waals surface area contributed by atoms with Crippen LogP contribution < -0.4 is 4.74 Å². The molecule has 1 aliphatic rings. The Labute approximate surface area is 141 Å². The van der Waals surface area contributed by atoms with Crippen molar-refractivity contribution in [1.29, 1.82) is 0 Å². The summed E-state index contributed by atoms with van der Waals surface area (Å²) in [6, 6.07) is 4.30. The maximum Gasteiger partial charge on any atom is 0.303 e. The first-order valence-corrected chi connectivity index (χ1v) is 8.15. The van der Waals surface area contributed by atoms with Crippen molar-refractivity contribution in [3.63, 3.8) is 0 Å². The standard InChI is InChI=1S/C17H21N3O4/c1-3-7-16(21)19-11-5-4-8-13(19)12-24-15-10-6-9-14(20(22)23)17(15)18-2/h6,9-10,13H,3-5,7-8,11-12H2,1H3/t13-/m1/s1. The molecule has 1 atom stereocenters. The SMILES string of the molecule is [C-]#[N+]c1c(OC[C@H]2CCCCN2C(=O)CCC)cccc1[N+](=O)[O-]. The fourth-order valence-corrected chi connectivity index (χ4v) is 2.93. The van der Waals surface area contributed by atoms with Crippen molar-refractivity contribution in [2.24, 2.45) is 0 Å². The van der Waals surface area contributed by atoms with Gasteiger partial charge in [-0.1, -0.05) is 13.0 Å². The summed E-state index contributed by atoms with van der Waals surface area (Å²) in [5.41, 5.74) is -0.352. The minimum absolute atomic E-state index is 0.0457. The lowest BCUT2D eigenvalue weighted by molar-refractivity contribution is -0.383. The highest BCUT2D eigenvalue weighted by atomic mass is 16.6. The molecule has 0 saturated carbocycles. The zero-order chi connectivity index (χ0) is 17.5. The van der Waals surface area contributed by atoms with E-state index in [4.69, 9.17) is 11.3 Å². The first kappa shape index (κ1) is 17.7. The molecule has 0 aliphatic carbocycles. The summed E-state index contributed by atoms with van der Waals surface area (Å²) in [7, 11) is 0. The summed E-state index contributed by atoms with van der Waals surface area (Å²) in [6.45, 7) is 10.1. The molecular weight excluding hydrogens is 310 g/mol. The molecule has 24 heavy (non-hydrogen) atoms.